The van der Waals surface area contributed by atoms with E-state index in [0.29, 0.717) is 19.0 Å². The van der Waals surface area contributed by atoms with Crippen LogP contribution in [0.25, 0.3) is 5.65 Å². The van der Waals surface area contributed by atoms with Crippen LogP contribution in [-0.4, -0.2) is 81.3 Å². The fourth-order valence-electron chi connectivity index (χ4n) is 6.03. The van der Waals surface area contributed by atoms with Crippen LogP contribution >= 0.6 is 0 Å². The van der Waals surface area contributed by atoms with Gasteiger partial charge in [-0.05, 0) is 37.2 Å². The van der Waals surface area contributed by atoms with E-state index in [1.165, 1.54) is 4.52 Å². The maximum atomic E-state index is 12.9. The van der Waals surface area contributed by atoms with E-state index in [0.717, 1.165) is 50.4 Å². The summed E-state index contributed by atoms with van der Waals surface area (Å²) in [5.74, 6) is 0.279. The van der Waals surface area contributed by atoms with Crippen molar-refractivity contribution in [2.75, 3.05) is 32.8 Å². The molecule has 2 aromatic heterocycles. The number of morpholine rings is 1. The molecule has 3 aliphatic heterocycles. The molecule has 3 saturated heterocycles. The predicted molar refractivity (Wildman–Crippen MR) is 112 cm³/mol. The summed E-state index contributed by atoms with van der Waals surface area (Å²) in [5, 5.41) is 6.53. The Morgan fingerprint density at radius 3 is 2.82 bits per heavy atom. The summed E-state index contributed by atoms with van der Waals surface area (Å²) >= 11 is 0. The highest BCUT2D eigenvalue weighted by atomic mass is 19.4. The number of carbonyl (C=O) groups is 2. The van der Waals surface area contributed by atoms with Gasteiger partial charge in [-0.1, -0.05) is 0 Å². The fraction of sp³-hybridized carbons (Fsp3) is 0.636. The van der Waals surface area contributed by atoms with Gasteiger partial charge >= 0.3 is 12.2 Å². The molecule has 0 radical (unpaired) electrons. The smallest absolute Gasteiger partial charge is 0.366 e. The van der Waals surface area contributed by atoms with E-state index in [9.17, 15) is 22.8 Å². The van der Waals surface area contributed by atoms with E-state index in [1.807, 2.05) is 4.90 Å². The Labute approximate surface area is 193 Å². The summed E-state index contributed by atoms with van der Waals surface area (Å²) < 4.78 is 45.4. The van der Waals surface area contributed by atoms with Crippen molar-refractivity contribution < 1.29 is 27.5 Å². The van der Waals surface area contributed by atoms with Gasteiger partial charge in [0.25, 0.3) is 0 Å². The highest BCUT2D eigenvalue weighted by molar-refractivity contribution is 5.79. The first-order valence-corrected chi connectivity index (χ1v) is 11.5. The lowest BCUT2D eigenvalue weighted by molar-refractivity contribution is -0.141. The number of nitrogens with zero attached hydrogens (tertiary/aromatic N) is 5. The lowest BCUT2D eigenvalue weighted by Gasteiger charge is -2.60. The molecule has 4 fully saturated rings. The van der Waals surface area contributed by atoms with E-state index < -0.39 is 11.9 Å². The molecule has 1 saturated carbocycles. The van der Waals surface area contributed by atoms with Gasteiger partial charge in [0.15, 0.2) is 11.3 Å². The molecular formula is C22H25F3N6O3. The first-order chi connectivity index (χ1) is 16.2. The number of hydrogen-bond donors (Lipinski definition) is 1. The monoisotopic (exact) mass is 478 g/mol. The number of ether oxygens (including phenoxy) is 1. The average Bonchev–Trinajstić information content (AvgIpc) is 3.17. The summed E-state index contributed by atoms with van der Waals surface area (Å²) in [6.45, 7) is 2.63. The van der Waals surface area contributed by atoms with Crippen molar-refractivity contribution in [3.05, 3.63) is 29.7 Å². The number of likely N-dealkylation sites (tertiary alicyclic amines) is 2. The Balaban J connectivity index is 1.00. The highest BCUT2D eigenvalue weighted by Gasteiger charge is 2.54. The molecule has 1 aliphatic carbocycles. The van der Waals surface area contributed by atoms with E-state index >= 15 is 0 Å². The zero-order valence-corrected chi connectivity index (χ0v) is 18.4. The standard InChI is InChI=1S/C22H25F3N6O3/c23-22(24,25)17-4-18-26-7-14(8-31(18)28-17)3-13-5-21(6-13)11-30(12-21)20(33)29-2-1-16-15(9-29)27-19(32)10-34-16/h4,7-8,13,15-16H,1-3,5-6,9-12H2,(H,27,32)/t15-,16+/m1/s1. The number of amides is 3. The van der Waals surface area contributed by atoms with Crippen molar-refractivity contribution in [1.82, 2.24) is 29.7 Å². The van der Waals surface area contributed by atoms with Crippen LogP contribution in [0.15, 0.2) is 18.5 Å². The Kier molecular flexibility index (Phi) is 4.81. The number of alkyl halides is 3. The highest BCUT2D eigenvalue weighted by Crippen LogP contribution is 2.53. The second kappa shape index (κ2) is 7.56. The molecule has 1 N–H and O–H groups in total. The molecule has 6 rings (SSSR count). The van der Waals surface area contributed by atoms with Gasteiger partial charge in [0.05, 0.1) is 12.1 Å². The number of halogens is 3. The number of urea groups is 1. The molecule has 3 amide bonds. The van der Waals surface area contributed by atoms with Crippen LogP contribution in [0.1, 0.15) is 30.5 Å². The van der Waals surface area contributed by atoms with Crippen molar-refractivity contribution in [2.45, 2.75) is 44.0 Å². The summed E-state index contributed by atoms with van der Waals surface area (Å²) in [5.41, 5.74) is 0.239. The van der Waals surface area contributed by atoms with Gasteiger partial charge in [-0.25, -0.2) is 14.3 Å². The minimum absolute atomic E-state index is 0.0150. The predicted octanol–water partition coefficient (Wildman–Crippen LogP) is 1.71. The number of piperidine rings is 1. The lowest BCUT2D eigenvalue weighted by atomic mass is 9.56. The largest absolute Gasteiger partial charge is 0.435 e. The van der Waals surface area contributed by atoms with E-state index in [1.54, 1.807) is 17.3 Å². The Bertz CT molecular complexity index is 1140. The van der Waals surface area contributed by atoms with Gasteiger partial charge in [-0.3, -0.25) is 4.79 Å². The topological polar surface area (TPSA) is 92.1 Å². The Hall–Kier alpha value is -2.89. The fourth-order valence-corrected chi connectivity index (χ4v) is 6.03. The molecule has 2 atom stereocenters. The number of rotatable bonds is 2. The van der Waals surface area contributed by atoms with Crippen molar-refractivity contribution in [1.29, 1.82) is 0 Å². The number of nitrogens with one attached hydrogen (secondary N) is 1. The van der Waals surface area contributed by atoms with Crippen LogP contribution < -0.4 is 5.32 Å². The molecule has 0 bridgehead atoms. The van der Waals surface area contributed by atoms with Crippen LogP contribution in [0.5, 0.6) is 0 Å². The van der Waals surface area contributed by atoms with Crippen LogP contribution in [-0.2, 0) is 22.1 Å². The molecule has 1 spiro atoms. The third-order valence-electron chi connectivity index (χ3n) is 7.54. The molecule has 2 aromatic rings. The summed E-state index contributed by atoms with van der Waals surface area (Å²) in [6, 6.07) is 0.816. The van der Waals surface area contributed by atoms with Crippen LogP contribution in [0.2, 0.25) is 0 Å². The summed E-state index contributed by atoms with van der Waals surface area (Å²) in [7, 11) is 0. The molecule has 182 valence electrons. The minimum atomic E-state index is -4.49. The zero-order chi connectivity index (χ0) is 23.7. The summed E-state index contributed by atoms with van der Waals surface area (Å²) in [4.78, 5) is 32.3. The van der Waals surface area contributed by atoms with Crippen molar-refractivity contribution in [3.63, 3.8) is 0 Å². The second-order valence-electron chi connectivity index (χ2n) is 10.2. The SMILES string of the molecule is O=C1CO[C@H]2CCN(C(=O)N3CC4(CC(Cc5cnc6cc(C(F)(F)F)nn6c5)C4)C3)C[C@H]2N1. The molecule has 12 heteroatoms. The molecule has 5 heterocycles. The molecular weight excluding hydrogens is 453 g/mol. The number of fused-ring (bicyclic) bond motifs is 2. The third kappa shape index (κ3) is 3.77. The van der Waals surface area contributed by atoms with Crippen LogP contribution in [0.3, 0.4) is 0 Å². The van der Waals surface area contributed by atoms with E-state index in [4.69, 9.17) is 4.74 Å². The third-order valence-corrected chi connectivity index (χ3v) is 7.54. The Morgan fingerprint density at radius 2 is 2.06 bits per heavy atom. The molecule has 34 heavy (non-hydrogen) atoms. The number of hydrogen-bond acceptors (Lipinski definition) is 5. The molecule has 0 aromatic carbocycles. The maximum absolute atomic E-state index is 12.9. The lowest BCUT2D eigenvalue weighted by Crippen LogP contribution is -2.68. The molecule has 9 nitrogen and oxygen atoms in total. The number of carbonyl (C=O) groups excluding carboxylic acids is 2. The van der Waals surface area contributed by atoms with Crippen LogP contribution in [0.4, 0.5) is 18.0 Å². The number of aromatic nitrogens is 3. The zero-order valence-electron chi connectivity index (χ0n) is 18.4. The maximum Gasteiger partial charge on any atom is 0.435 e. The summed E-state index contributed by atoms with van der Waals surface area (Å²) in [6.07, 6.45) is 2.15. The normalized spacial score (nSPS) is 26.7. The van der Waals surface area contributed by atoms with Crippen molar-refractivity contribution >= 4 is 17.6 Å². The minimum Gasteiger partial charge on any atom is -0.366 e. The van der Waals surface area contributed by atoms with Gasteiger partial charge in [0.2, 0.25) is 5.91 Å². The average molecular weight is 478 g/mol. The quantitative estimate of drug-likeness (QED) is 0.710. The van der Waals surface area contributed by atoms with Gasteiger partial charge in [-0.2, -0.15) is 18.3 Å². The van der Waals surface area contributed by atoms with Crippen molar-refractivity contribution in [2.24, 2.45) is 11.3 Å². The first kappa shape index (κ1) is 21.6. The molecule has 4 aliphatic rings. The Morgan fingerprint density at radius 1 is 1.26 bits per heavy atom. The molecule has 0 unspecified atom stereocenters. The second-order valence-corrected chi connectivity index (χ2v) is 10.2. The van der Waals surface area contributed by atoms with Gasteiger partial charge in [0.1, 0.15) is 6.61 Å². The van der Waals surface area contributed by atoms with E-state index in [-0.39, 0.29) is 41.8 Å². The first-order valence-electron chi connectivity index (χ1n) is 11.5. The van der Waals surface area contributed by atoms with Crippen LogP contribution in [0, 0.1) is 11.3 Å². The van der Waals surface area contributed by atoms with Gasteiger partial charge < -0.3 is 19.9 Å². The van der Waals surface area contributed by atoms with Gasteiger partial charge in [0, 0.05) is 50.1 Å². The van der Waals surface area contributed by atoms with E-state index in [2.05, 4.69) is 15.4 Å². The van der Waals surface area contributed by atoms with Gasteiger partial charge in [-0.15, -0.1) is 0 Å². The van der Waals surface area contributed by atoms with Crippen molar-refractivity contribution in [3.8, 4) is 0 Å².